The largest absolute Gasteiger partial charge is 0.445 e. The van der Waals surface area contributed by atoms with Crippen molar-refractivity contribution in [2.24, 2.45) is 0 Å². The molecule has 2 rings (SSSR count). The standard InChI is InChI=1S/C14H11ClFNO4/c1-8(18)9-5-6-13(11(16)7-9)21-14-10(15)3-2-4-12(14)17(19)20/h2-8,18H,1H3. The number of ether oxygens (including phenoxy) is 1. The van der Waals surface area contributed by atoms with Crippen molar-refractivity contribution in [1.29, 1.82) is 0 Å². The van der Waals surface area contributed by atoms with Gasteiger partial charge in [0, 0.05) is 6.07 Å². The first-order valence-corrected chi connectivity index (χ1v) is 6.36. The van der Waals surface area contributed by atoms with Gasteiger partial charge < -0.3 is 9.84 Å². The number of hydrogen-bond acceptors (Lipinski definition) is 4. The zero-order valence-electron chi connectivity index (χ0n) is 10.9. The normalized spacial score (nSPS) is 12.0. The second-order valence-electron chi connectivity index (χ2n) is 4.31. The smallest absolute Gasteiger partial charge is 0.313 e. The summed E-state index contributed by atoms with van der Waals surface area (Å²) < 4.78 is 19.1. The van der Waals surface area contributed by atoms with Gasteiger partial charge in [0.05, 0.1) is 16.0 Å². The Hall–Kier alpha value is -2.18. The van der Waals surface area contributed by atoms with Gasteiger partial charge in [0.1, 0.15) is 0 Å². The molecule has 2 aromatic carbocycles. The Morgan fingerprint density at radius 2 is 2.10 bits per heavy atom. The third-order valence-electron chi connectivity index (χ3n) is 2.79. The molecule has 5 nitrogen and oxygen atoms in total. The van der Waals surface area contributed by atoms with E-state index in [0.29, 0.717) is 5.56 Å². The first kappa shape index (κ1) is 15.2. The fraction of sp³-hybridized carbons (Fsp3) is 0.143. The Morgan fingerprint density at radius 1 is 1.38 bits per heavy atom. The molecule has 0 fully saturated rings. The highest BCUT2D eigenvalue weighted by Gasteiger charge is 2.20. The van der Waals surface area contributed by atoms with Crippen LogP contribution in [-0.4, -0.2) is 10.0 Å². The minimum absolute atomic E-state index is 0.00297. The van der Waals surface area contributed by atoms with Crippen molar-refractivity contribution in [3.05, 3.63) is 62.9 Å². The molecule has 21 heavy (non-hydrogen) atoms. The molecule has 110 valence electrons. The Labute approximate surface area is 124 Å². The summed E-state index contributed by atoms with van der Waals surface area (Å²) in [5, 5.41) is 20.3. The van der Waals surface area contributed by atoms with Crippen LogP contribution in [-0.2, 0) is 0 Å². The number of benzene rings is 2. The summed E-state index contributed by atoms with van der Waals surface area (Å²) in [6.07, 6.45) is -0.830. The third-order valence-corrected chi connectivity index (χ3v) is 3.09. The molecule has 0 aromatic heterocycles. The van der Waals surface area contributed by atoms with E-state index in [1.807, 2.05) is 0 Å². The molecule has 0 aliphatic heterocycles. The van der Waals surface area contributed by atoms with Crippen molar-refractivity contribution in [1.82, 2.24) is 0 Å². The molecule has 0 heterocycles. The van der Waals surface area contributed by atoms with E-state index in [2.05, 4.69) is 0 Å². The second-order valence-corrected chi connectivity index (χ2v) is 4.72. The first-order chi connectivity index (χ1) is 9.90. The molecule has 0 saturated heterocycles. The van der Waals surface area contributed by atoms with Crippen molar-refractivity contribution in [3.63, 3.8) is 0 Å². The van der Waals surface area contributed by atoms with E-state index < -0.39 is 16.8 Å². The molecule has 0 amide bonds. The Bertz CT molecular complexity index is 691. The maximum absolute atomic E-state index is 13.9. The van der Waals surface area contributed by atoms with Gasteiger partial charge in [-0.2, -0.15) is 0 Å². The van der Waals surface area contributed by atoms with Crippen LogP contribution in [0.2, 0.25) is 5.02 Å². The van der Waals surface area contributed by atoms with Crippen LogP contribution in [0, 0.1) is 15.9 Å². The van der Waals surface area contributed by atoms with E-state index in [4.69, 9.17) is 16.3 Å². The van der Waals surface area contributed by atoms with Crippen LogP contribution in [0.3, 0.4) is 0 Å². The number of nitrogens with zero attached hydrogens (tertiary/aromatic N) is 1. The number of nitro benzene ring substituents is 1. The molecule has 7 heteroatoms. The van der Waals surface area contributed by atoms with E-state index in [9.17, 15) is 19.6 Å². The number of hydrogen-bond donors (Lipinski definition) is 1. The molecule has 1 unspecified atom stereocenters. The van der Waals surface area contributed by atoms with E-state index in [1.54, 1.807) is 0 Å². The van der Waals surface area contributed by atoms with E-state index in [-0.39, 0.29) is 22.2 Å². The first-order valence-electron chi connectivity index (χ1n) is 5.98. The minimum Gasteiger partial charge on any atom is -0.445 e. The quantitative estimate of drug-likeness (QED) is 0.677. The fourth-order valence-electron chi connectivity index (χ4n) is 1.71. The van der Waals surface area contributed by atoms with Gasteiger partial charge in [-0.25, -0.2) is 4.39 Å². The Kier molecular flexibility index (Phi) is 4.40. The van der Waals surface area contributed by atoms with Crippen LogP contribution in [0.1, 0.15) is 18.6 Å². The lowest BCUT2D eigenvalue weighted by molar-refractivity contribution is -0.385. The number of nitro groups is 1. The molecular formula is C14H11ClFNO4. The molecular weight excluding hydrogens is 301 g/mol. The maximum atomic E-state index is 13.9. The van der Waals surface area contributed by atoms with Gasteiger partial charge in [-0.05, 0) is 30.7 Å². The third kappa shape index (κ3) is 3.29. The van der Waals surface area contributed by atoms with Crippen molar-refractivity contribution >= 4 is 17.3 Å². The SMILES string of the molecule is CC(O)c1ccc(Oc2c(Cl)cccc2[N+](=O)[O-])c(F)c1. The predicted octanol–water partition coefficient (Wildman–Crippen LogP) is 4.23. The van der Waals surface area contributed by atoms with E-state index >= 15 is 0 Å². The van der Waals surface area contributed by atoms with Gasteiger partial charge in [0.25, 0.3) is 0 Å². The number of halogens is 2. The highest BCUT2D eigenvalue weighted by molar-refractivity contribution is 6.32. The van der Waals surface area contributed by atoms with Gasteiger partial charge in [-0.1, -0.05) is 23.7 Å². The number of para-hydroxylation sites is 1. The van der Waals surface area contributed by atoms with Crippen molar-refractivity contribution < 1.29 is 19.2 Å². The molecule has 0 aliphatic carbocycles. The lowest BCUT2D eigenvalue weighted by Crippen LogP contribution is -1.97. The lowest BCUT2D eigenvalue weighted by atomic mass is 10.1. The molecule has 0 radical (unpaired) electrons. The van der Waals surface area contributed by atoms with Crippen LogP contribution in [0.15, 0.2) is 36.4 Å². The maximum Gasteiger partial charge on any atom is 0.313 e. The topological polar surface area (TPSA) is 72.6 Å². The van der Waals surface area contributed by atoms with E-state index in [1.165, 1.54) is 37.3 Å². The van der Waals surface area contributed by atoms with Crippen molar-refractivity contribution in [2.45, 2.75) is 13.0 Å². The minimum atomic E-state index is -0.830. The molecule has 0 bridgehead atoms. The Morgan fingerprint density at radius 3 is 2.67 bits per heavy atom. The van der Waals surface area contributed by atoms with Crippen LogP contribution < -0.4 is 4.74 Å². The van der Waals surface area contributed by atoms with Crippen LogP contribution in [0.4, 0.5) is 10.1 Å². The van der Waals surface area contributed by atoms with Gasteiger partial charge in [-0.15, -0.1) is 0 Å². The van der Waals surface area contributed by atoms with Gasteiger partial charge in [0.15, 0.2) is 11.6 Å². The van der Waals surface area contributed by atoms with Crippen molar-refractivity contribution in [3.8, 4) is 11.5 Å². The van der Waals surface area contributed by atoms with Crippen LogP contribution >= 0.6 is 11.6 Å². The summed E-state index contributed by atoms with van der Waals surface area (Å²) in [4.78, 5) is 10.3. The highest BCUT2D eigenvalue weighted by Crippen LogP contribution is 2.38. The summed E-state index contributed by atoms with van der Waals surface area (Å²) in [5.74, 6) is -1.19. The van der Waals surface area contributed by atoms with Crippen molar-refractivity contribution in [2.75, 3.05) is 0 Å². The second kappa shape index (κ2) is 6.07. The van der Waals surface area contributed by atoms with E-state index in [0.717, 1.165) is 6.07 Å². The predicted molar refractivity (Wildman–Crippen MR) is 75.2 cm³/mol. The molecule has 1 N–H and O–H groups in total. The number of rotatable bonds is 4. The molecule has 0 spiro atoms. The van der Waals surface area contributed by atoms with Gasteiger partial charge in [0.2, 0.25) is 5.75 Å². The molecule has 2 aromatic rings. The molecule has 0 aliphatic rings. The summed E-state index contributed by atoms with van der Waals surface area (Å²) in [7, 11) is 0. The lowest BCUT2D eigenvalue weighted by Gasteiger charge is -2.11. The average molecular weight is 312 g/mol. The summed E-state index contributed by atoms with van der Waals surface area (Å²) >= 11 is 5.87. The zero-order chi connectivity index (χ0) is 15.6. The molecule has 0 saturated carbocycles. The fourth-order valence-corrected chi connectivity index (χ4v) is 1.92. The molecule has 1 atom stereocenters. The number of aliphatic hydroxyl groups excluding tert-OH is 1. The zero-order valence-corrected chi connectivity index (χ0v) is 11.7. The average Bonchev–Trinajstić information content (AvgIpc) is 2.42. The van der Waals surface area contributed by atoms with Gasteiger partial charge >= 0.3 is 5.69 Å². The summed E-state index contributed by atoms with van der Waals surface area (Å²) in [6, 6.07) is 7.87. The monoisotopic (exact) mass is 311 g/mol. The summed E-state index contributed by atoms with van der Waals surface area (Å²) in [6.45, 7) is 1.49. The summed E-state index contributed by atoms with van der Waals surface area (Å²) in [5.41, 5.74) is 0.00927. The number of aliphatic hydroxyl groups is 1. The van der Waals surface area contributed by atoms with Crippen LogP contribution in [0.5, 0.6) is 11.5 Å². The Balaban J connectivity index is 2.41. The highest BCUT2D eigenvalue weighted by atomic mass is 35.5. The van der Waals surface area contributed by atoms with Crippen LogP contribution in [0.25, 0.3) is 0 Å². The van der Waals surface area contributed by atoms with Gasteiger partial charge in [-0.3, -0.25) is 10.1 Å².